The van der Waals surface area contributed by atoms with Crippen LogP contribution >= 0.6 is 0 Å². The van der Waals surface area contributed by atoms with Crippen LogP contribution in [0.2, 0.25) is 0 Å². The molecule has 2 unspecified atom stereocenters. The van der Waals surface area contributed by atoms with Crippen molar-refractivity contribution in [2.45, 2.75) is 39.5 Å². The van der Waals surface area contributed by atoms with E-state index < -0.39 is 12.7 Å². The lowest BCUT2D eigenvalue weighted by Gasteiger charge is -2.26. The summed E-state index contributed by atoms with van der Waals surface area (Å²) in [5, 5.41) is 3.30. The first-order chi connectivity index (χ1) is 13.8. The maximum atomic E-state index is 12.7. The molecule has 2 atom stereocenters. The Bertz CT molecular complexity index is 624. The highest BCUT2D eigenvalue weighted by atomic mass is 19.4. The summed E-state index contributed by atoms with van der Waals surface area (Å²) < 4.78 is 44.0. The SMILES string of the molecule is CCNC(=NCC(C)Oc1ccccc1)N1CCC(CN(CC)CC(F)(F)F)C1. The van der Waals surface area contributed by atoms with Crippen LogP contribution in [0.25, 0.3) is 0 Å². The van der Waals surface area contributed by atoms with Crippen molar-refractivity contribution in [2.75, 3.05) is 45.8 Å². The Morgan fingerprint density at radius 1 is 1.31 bits per heavy atom. The van der Waals surface area contributed by atoms with E-state index in [2.05, 4.69) is 10.2 Å². The maximum Gasteiger partial charge on any atom is 0.401 e. The quantitative estimate of drug-likeness (QED) is 0.495. The number of nitrogens with one attached hydrogen (secondary N) is 1. The summed E-state index contributed by atoms with van der Waals surface area (Å²) in [4.78, 5) is 8.32. The van der Waals surface area contributed by atoms with Crippen LogP contribution in [0, 0.1) is 5.92 Å². The van der Waals surface area contributed by atoms with Crippen LogP contribution < -0.4 is 10.1 Å². The average Bonchev–Trinajstić information content (AvgIpc) is 3.12. The molecule has 0 spiro atoms. The summed E-state index contributed by atoms with van der Waals surface area (Å²) in [6.07, 6.45) is -3.36. The van der Waals surface area contributed by atoms with Crippen LogP contribution in [0.5, 0.6) is 5.75 Å². The average molecular weight is 415 g/mol. The highest BCUT2D eigenvalue weighted by Gasteiger charge is 2.33. The number of rotatable bonds is 9. The van der Waals surface area contributed by atoms with Gasteiger partial charge in [-0.25, -0.2) is 4.99 Å². The molecule has 0 radical (unpaired) electrons. The summed E-state index contributed by atoms with van der Waals surface area (Å²) >= 11 is 0. The molecule has 1 aliphatic heterocycles. The lowest BCUT2D eigenvalue weighted by atomic mass is 10.1. The van der Waals surface area contributed by atoms with Crippen molar-refractivity contribution in [3.05, 3.63) is 30.3 Å². The molecule has 0 aromatic heterocycles. The van der Waals surface area contributed by atoms with Crippen molar-refractivity contribution >= 4 is 5.96 Å². The van der Waals surface area contributed by atoms with Gasteiger partial charge in [0.05, 0.1) is 13.1 Å². The van der Waals surface area contributed by atoms with Crippen LogP contribution in [0.15, 0.2) is 35.3 Å². The molecule has 164 valence electrons. The molecule has 0 amide bonds. The van der Waals surface area contributed by atoms with E-state index in [0.717, 1.165) is 31.2 Å². The molecule has 1 aliphatic rings. The van der Waals surface area contributed by atoms with Crippen LogP contribution in [0.1, 0.15) is 27.2 Å². The normalized spacial score (nSPS) is 18.9. The summed E-state index contributed by atoms with van der Waals surface area (Å²) in [5.41, 5.74) is 0. The third kappa shape index (κ3) is 8.51. The molecule has 1 N–H and O–H groups in total. The number of aliphatic imine (C=N–C) groups is 1. The van der Waals surface area contributed by atoms with Crippen molar-refractivity contribution in [3.63, 3.8) is 0 Å². The summed E-state index contributed by atoms with van der Waals surface area (Å²) in [5.74, 6) is 1.82. The van der Waals surface area contributed by atoms with Crippen molar-refractivity contribution in [1.29, 1.82) is 0 Å². The molecule has 1 saturated heterocycles. The topological polar surface area (TPSA) is 40.1 Å². The van der Waals surface area contributed by atoms with Gasteiger partial charge in [-0.3, -0.25) is 4.90 Å². The number of benzene rings is 1. The second-order valence-corrected chi connectivity index (χ2v) is 7.48. The van der Waals surface area contributed by atoms with Gasteiger partial charge in [0, 0.05) is 26.2 Å². The van der Waals surface area contributed by atoms with Crippen molar-refractivity contribution in [2.24, 2.45) is 10.9 Å². The Morgan fingerprint density at radius 2 is 2.03 bits per heavy atom. The molecule has 2 rings (SSSR count). The Hall–Kier alpha value is -1.96. The number of hydrogen-bond donors (Lipinski definition) is 1. The number of halogens is 3. The number of likely N-dealkylation sites (tertiary alicyclic amines) is 1. The third-order valence-corrected chi connectivity index (χ3v) is 4.87. The van der Waals surface area contributed by atoms with E-state index in [9.17, 15) is 13.2 Å². The van der Waals surface area contributed by atoms with Crippen LogP contribution in [-0.4, -0.2) is 73.9 Å². The van der Waals surface area contributed by atoms with Gasteiger partial charge in [0.1, 0.15) is 11.9 Å². The minimum atomic E-state index is -4.15. The zero-order valence-electron chi connectivity index (χ0n) is 17.6. The number of guanidine groups is 1. The molecule has 5 nitrogen and oxygen atoms in total. The largest absolute Gasteiger partial charge is 0.489 e. The van der Waals surface area contributed by atoms with E-state index in [1.807, 2.05) is 44.2 Å². The van der Waals surface area contributed by atoms with Crippen LogP contribution in [0.3, 0.4) is 0 Å². The maximum absolute atomic E-state index is 12.7. The molecular formula is C21H33F3N4O. The van der Waals surface area contributed by atoms with Crippen molar-refractivity contribution in [3.8, 4) is 5.75 Å². The molecule has 0 bridgehead atoms. The number of ether oxygens (including phenoxy) is 1. The Labute approximate surface area is 171 Å². The molecule has 0 saturated carbocycles. The zero-order chi connectivity index (χ0) is 21.3. The third-order valence-electron chi connectivity index (χ3n) is 4.87. The summed E-state index contributed by atoms with van der Waals surface area (Å²) in [6.45, 7) is 8.54. The van der Waals surface area contributed by atoms with E-state index in [1.54, 1.807) is 6.92 Å². The van der Waals surface area contributed by atoms with Crippen molar-refractivity contribution in [1.82, 2.24) is 15.1 Å². The number of para-hydroxylation sites is 1. The van der Waals surface area contributed by atoms with E-state index in [4.69, 9.17) is 9.73 Å². The van der Waals surface area contributed by atoms with E-state index in [1.165, 1.54) is 4.90 Å². The Morgan fingerprint density at radius 3 is 2.66 bits per heavy atom. The first-order valence-corrected chi connectivity index (χ1v) is 10.3. The lowest BCUT2D eigenvalue weighted by Crippen LogP contribution is -2.42. The smallest absolute Gasteiger partial charge is 0.401 e. The summed E-state index contributed by atoms with van der Waals surface area (Å²) in [7, 11) is 0. The fourth-order valence-electron chi connectivity index (χ4n) is 3.51. The predicted octanol–water partition coefficient (Wildman–Crippen LogP) is 3.63. The Kier molecular flexibility index (Phi) is 9.07. The minimum Gasteiger partial charge on any atom is -0.489 e. The molecule has 0 aliphatic carbocycles. The van der Waals surface area contributed by atoms with Crippen LogP contribution in [-0.2, 0) is 0 Å². The lowest BCUT2D eigenvalue weighted by molar-refractivity contribution is -0.146. The van der Waals surface area contributed by atoms with Gasteiger partial charge in [0.2, 0.25) is 0 Å². The van der Waals surface area contributed by atoms with Crippen molar-refractivity contribution < 1.29 is 17.9 Å². The highest BCUT2D eigenvalue weighted by molar-refractivity contribution is 5.80. The monoisotopic (exact) mass is 414 g/mol. The van der Waals surface area contributed by atoms with E-state index in [0.29, 0.717) is 26.2 Å². The van der Waals surface area contributed by atoms with Gasteiger partial charge in [-0.1, -0.05) is 25.1 Å². The van der Waals surface area contributed by atoms with Gasteiger partial charge in [-0.05, 0) is 44.9 Å². The van der Waals surface area contributed by atoms with Crippen LogP contribution in [0.4, 0.5) is 13.2 Å². The van der Waals surface area contributed by atoms with Gasteiger partial charge < -0.3 is 15.0 Å². The standard InChI is InChI=1S/C21H33F3N4O/c1-4-25-20(26-13-17(3)29-19-9-7-6-8-10-19)28-12-11-18(15-28)14-27(5-2)16-21(22,23)24/h6-10,17-18H,4-5,11-16H2,1-3H3,(H,25,26). The molecular weight excluding hydrogens is 381 g/mol. The summed E-state index contributed by atoms with van der Waals surface area (Å²) in [6, 6.07) is 9.63. The van der Waals surface area contributed by atoms with E-state index >= 15 is 0 Å². The molecule has 8 heteroatoms. The fourth-order valence-corrected chi connectivity index (χ4v) is 3.51. The van der Waals surface area contributed by atoms with Gasteiger partial charge in [0.15, 0.2) is 5.96 Å². The molecule has 1 heterocycles. The predicted molar refractivity (Wildman–Crippen MR) is 110 cm³/mol. The first-order valence-electron chi connectivity index (χ1n) is 10.3. The minimum absolute atomic E-state index is 0.0770. The molecule has 1 aromatic rings. The fraction of sp³-hybridized carbons (Fsp3) is 0.667. The van der Waals surface area contributed by atoms with E-state index in [-0.39, 0.29) is 12.0 Å². The molecule has 1 fully saturated rings. The Balaban J connectivity index is 1.89. The highest BCUT2D eigenvalue weighted by Crippen LogP contribution is 2.21. The molecule has 29 heavy (non-hydrogen) atoms. The van der Waals surface area contributed by atoms with Gasteiger partial charge >= 0.3 is 6.18 Å². The van der Waals surface area contributed by atoms with Gasteiger partial charge in [0.25, 0.3) is 0 Å². The van der Waals surface area contributed by atoms with Gasteiger partial charge in [-0.15, -0.1) is 0 Å². The van der Waals surface area contributed by atoms with Gasteiger partial charge in [-0.2, -0.15) is 13.2 Å². The second-order valence-electron chi connectivity index (χ2n) is 7.48. The number of hydrogen-bond acceptors (Lipinski definition) is 3. The first kappa shape index (κ1) is 23.3. The number of nitrogens with zero attached hydrogens (tertiary/aromatic N) is 3. The second kappa shape index (κ2) is 11.3. The zero-order valence-corrected chi connectivity index (χ0v) is 17.6. The number of alkyl halides is 3. The molecule has 1 aromatic carbocycles.